The number of sulfonamides is 1. The second-order valence-electron chi connectivity index (χ2n) is 6.64. The fraction of sp³-hybridized carbons (Fsp3) is 0.190. The van der Waals surface area contributed by atoms with E-state index in [1.165, 1.54) is 9.71 Å². The van der Waals surface area contributed by atoms with Crippen molar-refractivity contribution in [3.8, 4) is 0 Å². The average molecular weight is 414 g/mol. The van der Waals surface area contributed by atoms with Crippen LogP contribution in [0.5, 0.6) is 0 Å². The van der Waals surface area contributed by atoms with Gasteiger partial charge in [0, 0.05) is 37.0 Å². The lowest BCUT2D eigenvalue weighted by molar-refractivity contribution is 0.389. The first-order valence-electron chi connectivity index (χ1n) is 9.06. The van der Waals surface area contributed by atoms with Crippen LogP contribution in [-0.2, 0) is 10.0 Å². The van der Waals surface area contributed by atoms with E-state index >= 15 is 0 Å². The summed E-state index contributed by atoms with van der Waals surface area (Å²) >= 11 is 6.33. The fourth-order valence-electron chi connectivity index (χ4n) is 3.29. The second kappa shape index (κ2) is 7.91. The molecule has 1 aliphatic rings. The minimum absolute atomic E-state index is 0.410. The number of aromatic nitrogens is 1. The maximum Gasteiger partial charge on any atom is 0.236 e. The van der Waals surface area contributed by atoms with Crippen LogP contribution in [0.2, 0.25) is 5.15 Å². The van der Waals surface area contributed by atoms with Gasteiger partial charge in [0.1, 0.15) is 11.0 Å². The number of halogens is 1. The van der Waals surface area contributed by atoms with Crippen LogP contribution in [0.25, 0.3) is 16.8 Å². The largest absolute Gasteiger partial charge is 0.354 e. The topological polar surface area (TPSA) is 53.5 Å². The highest BCUT2D eigenvalue weighted by Crippen LogP contribution is 2.27. The average Bonchev–Trinajstić information content (AvgIpc) is 2.73. The van der Waals surface area contributed by atoms with E-state index in [2.05, 4.69) is 9.88 Å². The van der Waals surface area contributed by atoms with Crippen molar-refractivity contribution in [2.45, 2.75) is 0 Å². The summed E-state index contributed by atoms with van der Waals surface area (Å²) in [6, 6.07) is 19.3. The molecule has 1 fully saturated rings. The molecular weight excluding hydrogens is 394 g/mol. The van der Waals surface area contributed by atoms with Gasteiger partial charge in [-0.25, -0.2) is 13.4 Å². The van der Waals surface area contributed by atoms with Crippen LogP contribution in [-0.4, -0.2) is 43.9 Å². The number of benzene rings is 2. The third kappa shape index (κ3) is 4.04. The van der Waals surface area contributed by atoms with E-state index in [1.807, 2.05) is 60.7 Å². The summed E-state index contributed by atoms with van der Waals surface area (Å²) in [5.41, 5.74) is 0.861. The number of pyridine rings is 1. The van der Waals surface area contributed by atoms with Gasteiger partial charge < -0.3 is 4.90 Å². The standard InChI is InChI=1S/C21H20ClN3O2S/c22-21-19-9-5-4-8-18(19)16-20(23-21)24-11-13-25(14-12-24)28(26,27)15-10-17-6-2-1-3-7-17/h1-10,15-16H,11-14H2/b15-10+. The SMILES string of the molecule is O=S(=O)(/C=C/c1ccccc1)N1CCN(c2cc3ccccc3c(Cl)n2)CC1. The normalized spacial score (nSPS) is 16.1. The van der Waals surface area contributed by atoms with Gasteiger partial charge in [0.05, 0.1) is 0 Å². The minimum Gasteiger partial charge on any atom is -0.354 e. The zero-order chi connectivity index (χ0) is 19.6. The third-order valence-electron chi connectivity index (χ3n) is 4.83. The number of fused-ring (bicyclic) bond motifs is 1. The van der Waals surface area contributed by atoms with Crippen molar-refractivity contribution in [2.75, 3.05) is 31.1 Å². The predicted octanol–water partition coefficient (Wildman–Crippen LogP) is 4.01. The molecule has 0 saturated carbocycles. The van der Waals surface area contributed by atoms with Crippen molar-refractivity contribution in [3.05, 3.63) is 76.8 Å². The highest BCUT2D eigenvalue weighted by molar-refractivity contribution is 7.92. The lowest BCUT2D eigenvalue weighted by Gasteiger charge is -2.34. The predicted molar refractivity (Wildman–Crippen MR) is 115 cm³/mol. The molecule has 1 saturated heterocycles. The van der Waals surface area contributed by atoms with E-state index in [4.69, 9.17) is 11.6 Å². The molecule has 1 aromatic heterocycles. The molecule has 144 valence electrons. The first kappa shape index (κ1) is 18.9. The van der Waals surface area contributed by atoms with Crippen LogP contribution in [0.1, 0.15) is 5.56 Å². The molecule has 0 spiro atoms. The zero-order valence-corrected chi connectivity index (χ0v) is 16.8. The Bertz CT molecular complexity index is 1110. The van der Waals surface area contributed by atoms with Gasteiger partial charge in [-0.15, -0.1) is 0 Å². The number of rotatable bonds is 4. The molecule has 2 heterocycles. The third-order valence-corrected chi connectivity index (χ3v) is 6.69. The second-order valence-corrected chi connectivity index (χ2v) is 8.81. The molecule has 4 rings (SSSR count). The molecule has 2 aromatic carbocycles. The van der Waals surface area contributed by atoms with Crippen LogP contribution in [0.3, 0.4) is 0 Å². The van der Waals surface area contributed by atoms with E-state index < -0.39 is 10.0 Å². The Morgan fingerprint density at radius 1 is 0.929 bits per heavy atom. The molecule has 0 bridgehead atoms. The summed E-state index contributed by atoms with van der Waals surface area (Å²) in [5, 5.41) is 3.69. The summed E-state index contributed by atoms with van der Waals surface area (Å²) < 4.78 is 26.7. The van der Waals surface area contributed by atoms with Crippen molar-refractivity contribution in [1.82, 2.24) is 9.29 Å². The van der Waals surface area contributed by atoms with Gasteiger partial charge in [-0.05, 0) is 23.1 Å². The molecule has 0 unspecified atom stereocenters. The molecule has 5 nitrogen and oxygen atoms in total. The van der Waals surface area contributed by atoms with Gasteiger partial charge in [0.2, 0.25) is 10.0 Å². The number of hydrogen-bond acceptors (Lipinski definition) is 4. The molecule has 28 heavy (non-hydrogen) atoms. The molecular formula is C21H20ClN3O2S. The van der Waals surface area contributed by atoms with Gasteiger partial charge in [-0.2, -0.15) is 4.31 Å². The number of anilines is 1. The monoisotopic (exact) mass is 413 g/mol. The van der Waals surface area contributed by atoms with Crippen molar-refractivity contribution in [3.63, 3.8) is 0 Å². The highest BCUT2D eigenvalue weighted by Gasteiger charge is 2.26. The molecule has 1 aliphatic heterocycles. The van der Waals surface area contributed by atoms with Gasteiger partial charge in [0.25, 0.3) is 0 Å². The Morgan fingerprint density at radius 3 is 2.36 bits per heavy atom. The van der Waals surface area contributed by atoms with E-state index in [0.29, 0.717) is 31.3 Å². The van der Waals surface area contributed by atoms with E-state index in [9.17, 15) is 8.42 Å². The summed E-state index contributed by atoms with van der Waals surface area (Å²) in [6.07, 6.45) is 1.63. The molecule has 0 radical (unpaired) electrons. The Balaban J connectivity index is 1.46. The highest BCUT2D eigenvalue weighted by atomic mass is 35.5. The number of piperazine rings is 1. The fourth-order valence-corrected chi connectivity index (χ4v) is 4.72. The lowest BCUT2D eigenvalue weighted by Crippen LogP contribution is -2.48. The van der Waals surface area contributed by atoms with Crippen LogP contribution in [0.4, 0.5) is 5.82 Å². The summed E-state index contributed by atoms with van der Waals surface area (Å²) in [7, 11) is -3.45. The van der Waals surface area contributed by atoms with Crippen molar-refractivity contribution in [1.29, 1.82) is 0 Å². The molecule has 3 aromatic rings. The molecule has 0 N–H and O–H groups in total. The summed E-state index contributed by atoms with van der Waals surface area (Å²) in [5.74, 6) is 0.778. The first-order valence-corrected chi connectivity index (χ1v) is 10.9. The van der Waals surface area contributed by atoms with E-state index in [0.717, 1.165) is 22.2 Å². The van der Waals surface area contributed by atoms with Crippen LogP contribution >= 0.6 is 11.6 Å². The van der Waals surface area contributed by atoms with Crippen molar-refractivity contribution in [2.24, 2.45) is 0 Å². The quantitative estimate of drug-likeness (QED) is 0.606. The summed E-state index contributed by atoms with van der Waals surface area (Å²) in [6.45, 7) is 1.96. The Labute approximate surface area is 169 Å². The molecule has 7 heteroatoms. The van der Waals surface area contributed by atoms with Crippen LogP contribution in [0.15, 0.2) is 66.1 Å². The molecule has 0 atom stereocenters. The van der Waals surface area contributed by atoms with E-state index in [1.54, 1.807) is 6.08 Å². The zero-order valence-electron chi connectivity index (χ0n) is 15.2. The summed E-state index contributed by atoms with van der Waals surface area (Å²) in [4.78, 5) is 6.57. The Hall–Kier alpha value is -2.41. The van der Waals surface area contributed by atoms with Gasteiger partial charge in [0.15, 0.2) is 0 Å². The number of hydrogen-bond donors (Lipinski definition) is 0. The Morgan fingerprint density at radius 2 is 1.61 bits per heavy atom. The van der Waals surface area contributed by atoms with Crippen molar-refractivity contribution >= 4 is 44.3 Å². The maximum atomic E-state index is 12.6. The smallest absolute Gasteiger partial charge is 0.236 e. The number of nitrogens with zero attached hydrogens (tertiary/aromatic N) is 3. The molecule has 0 aliphatic carbocycles. The first-order chi connectivity index (χ1) is 13.5. The maximum absolute atomic E-state index is 12.6. The van der Waals surface area contributed by atoms with Gasteiger partial charge >= 0.3 is 0 Å². The minimum atomic E-state index is -3.45. The van der Waals surface area contributed by atoms with Crippen molar-refractivity contribution < 1.29 is 8.42 Å². The molecule has 0 amide bonds. The Kier molecular flexibility index (Phi) is 5.35. The van der Waals surface area contributed by atoms with Crippen LogP contribution < -0.4 is 4.90 Å². The van der Waals surface area contributed by atoms with Gasteiger partial charge in [-0.3, -0.25) is 0 Å². The lowest BCUT2D eigenvalue weighted by atomic mass is 10.2. The van der Waals surface area contributed by atoms with Crippen LogP contribution in [0, 0.1) is 0 Å². The van der Waals surface area contributed by atoms with Gasteiger partial charge in [-0.1, -0.05) is 66.2 Å². The van der Waals surface area contributed by atoms with E-state index in [-0.39, 0.29) is 0 Å².